The number of carbonyl (C=O) groups excluding carboxylic acids is 2. The number of nitrogens with zero attached hydrogens (tertiary/aromatic N) is 2. The van der Waals surface area contributed by atoms with Gasteiger partial charge in [0.2, 0.25) is 11.8 Å². The Hall–Kier alpha value is -2.10. The molecule has 0 aromatic heterocycles. The fraction of sp³-hybridized carbons (Fsp3) is 0.500. The Kier molecular flexibility index (Phi) is 8.08. The van der Waals surface area contributed by atoms with Crippen molar-refractivity contribution in [3.05, 3.63) is 48.6 Å². The van der Waals surface area contributed by atoms with E-state index in [0.717, 1.165) is 51.9 Å². The maximum atomic E-state index is 11.9. The van der Waals surface area contributed by atoms with E-state index in [1.807, 2.05) is 34.1 Å². The first-order valence-corrected chi connectivity index (χ1v) is 9.03. The van der Waals surface area contributed by atoms with Crippen molar-refractivity contribution in [2.75, 3.05) is 26.2 Å². The summed E-state index contributed by atoms with van der Waals surface area (Å²) in [5.41, 5.74) is 0. The van der Waals surface area contributed by atoms with Crippen LogP contribution in [0, 0.1) is 0 Å². The van der Waals surface area contributed by atoms with Crippen LogP contribution in [0.15, 0.2) is 48.6 Å². The number of piperidine rings is 2. The van der Waals surface area contributed by atoms with Gasteiger partial charge in [-0.3, -0.25) is 9.59 Å². The summed E-state index contributed by atoms with van der Waals surface area (Å²) < 4.78 is 0. The van der Waals surface area contributed by atoms with Crippen LogP contribution >= 0.6 is 0 Å². The molecule has 0 atom stereocenters. The van der Waals surface area contributed by atoms with E-state index >= 15 is 0 Å². The minimum Gasteiger partial charge on any atom is -0.339 e. The van der Waals surface area contributed by atoms with Crippen LogP contribution in [0.4, 0.5) is 0 Å². The molecule has 130 valence electrons. The van der Waals surface area contributed by atoms with Gasteiger partial charge in [-0.25, -0.2) is 0 Å². The Morgan fingerprint density at radius 2 is 0.833 bits per heavy atom. The highest BCUT2D eigenvalue weighted by molar-refractivity contribution is 5.88. The van der Waals surface area contributed by atoms with Gasteiger partial charge < -0.3 is 9.80 Å². The molecule has 0 aromatic rings. The lowest BCUT2D eigenvalue weighted by Gasteiger charge is -2.25. The van der Waals surface area contributed by atoms with Gasteiger partial charge in [0.15, 0.2) is 0 Å². The highest BCUT2D eigenvalue weighted by atomic mass is 16.2. The Morgan fingerprint density at radius 3 is 1.21 bits per heavy atom. The molecule has 24 heavy (non-hydrogen) atoms. The van der Waals surface area contributed by atoms with Crippen molar-refractivity contribution in [2.45, 2.75) is 38.5 Å². The Balaban J connectivity index is 1.66. The molecule has 0 N–H and O–H groups in total. The normalized spacial score (nSPS) is 20.0. The summed E-state index contributed by atoms with van der Waals surface area (Å²) in [6.45, 7) is 3.51. The minimum atomic E-state index is 0.0929. The molecule has 0 radical (unpaired) electrons. The summed E-state index contributed by atoms with van der Waals surface area (Å²) in [7, 11) is 0. The molecular formula is C20H28N2O2. The van der Waals surface area contributed by atoms with Crippen LogP contribution < -0.4 is 0 Å². The number of hydrogen-bond acceptors (Lipinski definition) is 2. The molecule has 0 spiro atoms. The molecule has 4 nitrogen and oxygen atoms in total. The van der Waals surface area contributed by atoms with Crippen LogP contribution in [0.25, 0.3) is 0 Å². The molecule has 2 saturated heterocycles. The lowest BCUT2D eigenvalue weighted by Crippen LogP contribution is -2.34. The third-order valence-corrected chi connectivity index (χ3v) is 4.37. The van der Waals surface area contributed by atoms with Crippen molar-refractivity contribution in [3.63, 3.8) is 0 Å². The number of carbonyl (C=O) groups is 2. The van der Waals surface area contributed by atoms with E-state index in [2.05, 4.69) is 0 Å². The molecule has 2 amide bonds. The molecule has 2 aliphatic rings. The number of amides is 2. The van der Waals surface area contributed by atoms with Gasteiger partial charge in [0.25, 0.3) is 0 Å². The van der Waals surface area contributed by atoms with Gasteiger partial charge in [0, 0.05) is 38.3 Å². The molecule has 0 bridgehead atoms. The van der Waals surface area contributed by atoms with Gasteiger partial charge in [-0.2, -0.15) is 0 Å². The summed E-state index contributed by atoms with van der Waals surface area (Å²) in [6.07, 6.45) is 21.0. The molecule has 0 unspecified atom stereocenters. The quantitative estimate of drug-likeness (QED) is 0.574. The van der Waals surface area contributed by atoms with E-state index < -0.39 is 0 Å². The van der Waals surface area contributed by atoms with Crippen LogP contribution in [0.5, 0.6) is 0 Å². The predicted molar refractivity (Wildman–Crippen MR) is 97.4 cm³/mol. The average Bonchev–Trinajstić information content (AvgIpc) is 2.65. The first-order valence-electron chi connectivity index (χ1n) is 9.03. The van der Waals surface area contributed by atoms with E-state index in [-0.39, 0.29) is 11.8 Å². The zero-order valence-corrected chi connectivity index (χ0v) is 14.4. The van der Waals surface area contributed by atoms with Crippen molar-refractivity contribution < 1.29 is 9.59 Å². The maximum absolute atomic E-state index is 11.9. The second-order valence-corrected chi connectivity index (χ2v) is 6.26. The highest BCUT2D eigenvalue weighted by Gasteiger charge is 2.13. The van der Waals surface area contributed by atoms with Gasteiger partial charge in [-0.05, 0) is 38.5 Å². The second-order valence-electron chi connectivity index (χ2n) is 6.26. The van der Waals surface area contributed by atoms with E-state index in [1.54, 1.807) is 24.3 Å². The number of likely N-dealkylation sites (tertiary alicyclic amines) is 2. The monoisotopic (exact) mass is 328 g/mol. The summed E-state index contributed by atoms with van der Waals surface area (Å²) in [4.78, 5) is 27.6. The largest absolute Gasteiger partial charge is 0.339 e. The summed E-state index contributed by atoms with van der Waals surface area (Å²) in [5.74, 6) is 0.186. The molecule has 2 heterocycles. The molecule has 2 aliphatic heterocycles. The van der Waals surface area contributed by atoms with Crippen LogP contribution in [0.2, 0.25) is 0 Å². The maximum Gasteiger partial charge on any atom is 0.246 e. The Bertz CT molecular complexity index is 472. The van der Waals surface area contributed by atoms with Gasteiger partial charge in [0.05, 0.1) is 0 Å². The van der Waals surface area contributed by atoms with Gasteiger partial charge >= 0.3 is 0 Å². The SMILES string of the molecule is O=C(\C=C/C=C\C=C/C=C/C(=O)N1CCCCC1)N1CCCCC1. The second kappa shape index (κ2) is 10.6. The average molecular weight is 328 g/mol. The van der Waals surface area contributed by atoms with Crippen LogP contribution in [-0.2, 0) is 9.59 Å². The molecule has 0 aromatic carbocycles. The van der Waals surface area contributed by atoms with E-state index in [0.29, 0.717) is 0 Å². The lowest BCUT2D eigenvalue weighted by molar-refractivity contribution is -0.127. The zero-order valence-electron chi connectivity index (χ0n) is 14.4. The number of allylic oxidation sites excluding steroid dienone is 6. The number of rotatable bonds is 5. The molecular weight excluding hydrogens is 300 g/mol. The Morgan fingerprint density at radius 1 is 0.500 bits per heavy atom. The van der Waals surface area contributed by atoms with Gasteiger partial charge in [-0.15, -0.1) is 0 Å². The van der Waals surface area contributed by atoms with Gasteiger partial charge in [-0.1, -0.05) is 36.5 Å². The van der Waals surface area contributed by atoms with E-state index in [1.165, 1.54) is 12.8 Å². The van der Waals surface area contributed by atoms with Crippen molar-refractivity contribution in [1.29, 1.82) is 0 Å². The lowest BCUT2D eigenvalue weighted by atomic mass is 10.1. The van der Waals surface area contributed by atoms with Crippen molar-refractivity contribution in [1.82, 2.24) is 9.80 Å². The Labute approximate surface area is 145 Å². The smallest absolute Gasteiger partial charge is 0.246 e. The highest BCUT2D eigenvalue weighted by Crippen LogP contribution is 2.09. The molecule has 0 aliphatic carbocycles. The fourth-order valence-corrected chi connectivity index (χ4v) is 2.97. The first-order chi connectivity index (χ1) is 11.8. The van der Waals surface area contributed by atoms with Crippen molar-refractivity contribution in [3.8, 4) is 0 Å². The van der Waals surface area contributed by atoms with E-state index in [9.17, 15) is 9.59 Å². The number of hydrogen-bond donors (Lipinski definition) is 0. The van der Waals surface area contributed by atoms with Crippen molar-refractivity contribution in [2.24, 2.45) is 0 Å². The molecule has 4 heteroatoms. The molecule has 2 fully saturated rings. The molecule has 2 rings (SSSR count). The first kappa shape index (κ1) is 18.2. The van der Waals surface area contributed by atoms with Crippen LogP contribution in [-0.4, -0.2) is 47.8 Å². The predicted octanol–water partition coefficient (Wildman–Crippen LogP) is 3.24. The standard InChI is InChI=1S/C20H28N2O2/c23-19(21-15-9-5-10-16-21)13-7-3-1-2-4-8-14-20(24)22-17-11-6-12-18-22/h1-4,7-8,13-14H,5-6,9-12,15-18H2/b3-1-,4-2-,13-7-,14-8+. The molecule has 0 saturated carbocycles. The third-order valence-electron chi connectivity index (χ3n) is 4.37. The van der Waals surface area contributed by atoms with E-state index in [4.69, 9.17) is 0 Å². The van der Waals surface area contributed by atoms with Crippen molar-refractivity contribution >= 4 is 11.8 Å². The van der Waals surface area contributed by atoms with Crippen LogP contribution in [0.3, 0.4) is 0 Å². The fourth-order valence-electron chi connectivity index (χ4n) is 2.97. The summed E-state index contributed by atoms with van der Waals surface area (Å²) >= 11 is 0. The minimum absolute atomic E-state index is 0.0929. The third kappa shape index (κ3) is 6.57. The zero-order chi connectivity index (χ0) is 17.0. The van der Waals surface area contributed by atoms with Gasteiger partial charge in [0.1, 0.15) is 0 Å². The summed E-state index contributed by atoms with van der Waals surface area (Å²) in [5, 5.41) is 0. The summed E-state index contributed by atoms with van der Waals surface area (Å²) in [6, 6.07) is 0. The topological polar surface area (TPSA) is 40.6 Å². The van der Waals surface area contributed by atoms with Crippen LogP contribution in [0.1, 0.15) is 38.5 Å².